The second kappa shape index (κ2) is 5.32. The SMILES string of the molecule is Fc1cc(Br)ccc1CNC1CCSC1. The third-order valence-electron chi connectivity index (χ3n) is 2.53. The van der Waals surface area contributed by atoms with Crippen molar-refractivity contribution < 1.29 is 4.39 Å². The number of nitrogens with one attached hydrogen (secondary N) is 1. The predicted molar refractivity (Wildman–Crippen MR) is 66.7 cm³/mol. The molecule has 1 aromatic rings. The monoisotopic (exact) mass is 289 g/mol. The van der Waals surface area contributed by atoms with Crippen molar-refractivity contribution in [3.8, 4) is 0 Å². The van der Waals surface area contributed by atoms with E-state index in [0.29, 0.717) is 12.6 Å². The van der Waals surface area contributed by atoms with Crippen molar-refractivity contribution in [3.05, 3.63) is 34.1 Å². The summed E-state index contributed by atoms with van der Waals surface area (Å²) < 4.78 is 14.2. The molecule has 82 valence electrons. The van der Waals surface area contributed by atoms with Gasteiger partial charge in [-0.15, -0.1) is 0 Å². The van der Waals surface area contributed by atoms with Crippen molar-refractivity contribution in [2.75, 3.05) is 11.5 Å². The highest BCUT2D eigenvalue weighted by molar-refractivity contribution is 9.10. The van der Waals surface area contributed by atoms with Crippen molar-refractivity contribution in [2.24, 2.45) is 0 Å². The van der Waals surface area contributed by atoms with Crippen LogP contribution < -0.4 is 5.32 Å². The minimum atomic E-state index is -0.137. The molecular formula is C11H13BrFNS. The lowest BCUT2D eigenvalue weighted by atomic mass is 10.2. The Hall–Kier alpha value is -0.0600. The molecule has 1 aliphatic heterocycles. The number of benzene rings is 1. The third-order valence-corrected chi connectivity index (χ3v) is 4.18. The van der Waals surface area contributed by atoms with Crippen LogP contribution >= 0.6 is 27.7 Å². The van der Waals surface area contributed by atoms with Crippen LogP contribution in [0.15, 0.2) is 22.7 Å². The highest BCUT2D eigenvalue weighted by Crippen LogP contribution is 2.19. The zero-order chi connectivity index (χ0) is 10.7. The molecule has 1 saturated heterocycles. The van der Waals surface area contributed by atoms with Crippen molar-refractivity contribution in [1.82, 2.24) is 5.32 Å². The van der Waals surface area contributed by atoms with Crippen LogP contribution in [-0.2, 0) is 6.54 Å². The van der Waals surface area contributed by atoms with E-state index in [4.69, 9.17) is 0 Å². The van der Waals surface area contributed by atoms with Crippen LogP contribution in [0, 0.1) is 5.82 Å². The Labute approximate surface area is 102 Å². The van der Waals surface area contributed by atoms with Crippen LogP contribution in [0.4, 0.5) is 4.39 Å². The minimum absolute atomic E-state index is 0.137. The van der Waals surface area contributed by atoms with Gasteiger partial charge in [-0.2, -0.15) is 11.8 Å². The Kier molecular flexibility index (Phi) is 4.05. The molecule has 1 aromatic carbocycles. The molecule has 1 atom stereocenters. The summed E-state index contributed by atoms with van der Waals surface area (Å²) in [7, 11) is 0. The fourth-order valence-electron chi connectivity index (χ4n) is 1.61. The Morgan fingerprint density at radius 1 is 1.53 bits per heavy atom. The maximum Gasteiger partial charge on any atom is 0.128 e. The molecule has 0 aromatic heterocycles. The standard InChI is InChI=1S/C11H13BrFNS/c12-9-2-1-8(11(13)5-9)6-14-10-3-4-15-7-10/h1-2,5,10,14H,3-4,6-7H2. The fraction of sp³-hybridized carbons (Fsp3) is 0.455. The number of thioether (sulfide) groups is 1. The van der Waals surface area contributed by atoms with Crippen molar-refractivity contribution in [1.29, 1.82) is 0 Å². The van der Waals surface area contributed by atoms with Gasteiger partial charge in [0, 0.05) is 28.4 Å². The summed E-state index contributed by atoms with van der Waals surface area (Å²) in [5, 5.41) is 3.38. The molecule has 4 heteroatoms. The first-order valence-corrected chi connectivity index (χ1v) is 6.95. The zero-order valence-corrected chi connectivity index (χ0v) is 10.7. The summed E-state index contributed by atoms with van der Waals surface area (Å²) in [6.07, 6.45) is 1.20. The quantitative estimate of drug-likeness (QED) is 0.917. The molecule has 0 aliphatic carbocycles. The van der Waals surface area contributed by atoms with Gasteiger partial charge in [-0.25, -0.2) is 4.39 Å². The summed E-state index contributed by atoms with van der Waals surface area (Å²) in [6, 6.07) is 5.77. The van der Waals surface area contributed by atoms with E-state index in [-0.39, 0.29) is 5.82 Å². The summed E-state index contributed by atoms with van der Waals surface area (Å²) in [6.45, 7) is 0.629. The Balaban J connectivity index is 1.92. The summed E-state index contributed by atoms with van der Waals surface area (Å²) >= 11 is 5.21. The van der Waals surface area contributed by atoms with E-state index in [0.717, 1.165) is 15.8 Å². The van der Waals surface area contributed by atoms with Gasteiger partial charge in [0.2, 0.25) is 0 Å². The predicted octanol–water partition coefficient (Wildman–Crippen LogP) is 3.18. The lowest BCUT2D eigenvalue weighted by Crippen LogP contribution is -2.28. The van der Waals surface area contributed by atoms with Crippen LogP contribution in [0.3, 0.4) is 0 Å². The van der Waals surface area contributed by atoms with Crippen LogP contribution in [0.1, 0.15) is 12.0 Å². The largest absolute Gasteiger partial charge is 0.309 e. The average molecular weight is 290 g/mol. The maximum atomic E-state index is 13.4. The molecule has 1 nitrogen and oxygen atoms in total. The number of hydrogen-bond donors (Lipinski definition) is 1. The van der Waals surface area contributed by atoms with Gasteiger partial charge in [0.1, 0.15) is 5.82 Å². The highest BCUT2D eigenvalue weighted by Gasteiger charge is 2.14. The van der Waals surface area contributed by atoms with Gasteiger partial charge in [-0.05, 0) is 24.3 Å². The number of halogens is 2. The molecule has 1 N–H and O–H groups in total. The first-order valence-electron chi connectivity index (χ1n) is 5.01. The number of hydrogen-bond acceptors (Lipinski definition) is 2. The maximum absolute atomic E-state index is 13.4. The molecule has 0 bridgehead atoms. The van der Waals surface area contributed by atoms with Gasteiger partial charge >= 0.3 is 0 Å². The van der Waals surface area contributed by atoms with Crippen molar-refractivity contribution >= 4 is 27.7 Å². The lowest BCUT2D eigenvalue weighted by molar-refractivity contribution is 0.534. The van der Waals surface area contributed by atoms with Gasteiger partial charge in [0.05, 0.1) is 0 Å². The first-order chi connectivity index (χ1) is 7.25. The summed E-state index contributed by atoms with van der Waals surface area (Å²) in [5.41, 5.74) is 0.745. The summed E-state index contributed by atoms with van der Waals surface area (Å²) in [4.78, 5) is 0. The molecular weight excluding hydrogens is 277 g/mol. The van der Waals surface area contributed by atoms with Crippen molar-refractivity contribution in [3.63, 3.8) is 0 Å². The molecule has 2 rings (SSSR count). The van der Waals surface area contributed by atoms with Crippen LogP contribution in [0.5, 0.6) is 0 Å². The van der Waals surface area contributed by atoms with Gasteiger partial charge < -0.3 is 5.32 Å². The Bertz CT molecular complexity index is 339. The van der Waals surface area contributed by atoms with Crippen LogP contribution in [0.2, 0.25) is 0 Å². The van der Waals surface area contributed by atoms with E-state index in [1.165, 1.54) is 18.2 Å². The van der Waals surface area contributed by atoms with Gasteiger partial charge in [0.25, 0.3) is 0 Å². The second-order valence-corrected chi connectivity index (χ2v) is 5.74. The fourth-order valence-corrected chi connectivity index (χ4v) is 3.13. The van der Waals surface area contributed by atoms with E-state index in [1.54, 1.807) is 0 Å². The molecule has 0 amide bonds. The molecule has 1 aliphatic rings. The molecule has 0 saturated carbocycles. The van der Waals surface area contributed by atoms with Gasteiger partial charge in [-0.1, -0.05) is 22.0 Å². The van der Waals surface area contributed by atoms with E-state index in [1.807, 2.05) is 23.9 Å². The second-order valence-electron chi connectivity index (χ2n) is 3.68. The first kappa shape index (κ1) is 11.4. The zero-order valence-electron chi connectivity index (χ0n) is 8.30. The summed E-state index contributed by atoms with van der Waals surface area (Å²) in [5.74, 6) is 2.24. The van der Waals surface area contributed by atoms with E-state index in [9.17, 15) is 4.39 Å². The van der Waals surface area contributed by atoms with Crippen LogP contribution in [-0.4, -0.2) is 17.5 Å². The minimum Gasteiger partial charge on any atom is -0.309 e. The van der Waals surface area contributed by atoms with E-state index in [2.05, 4.69) is 21.2 Å². The van der Waals surface area contributed by atoms with E-state index < -0.39 is 0 Å². The van der Waals surface area contributed by atoms with Crippen LogP contribution in [0.25, 0.3) is 0 Å². The van der Waals surface area contributed by atoms with Crippen molar-refractivity contribution in [2.45, 2.75) is 19.0 Å². The Morgan fingerprint density at radius 3 is 3.07 bits per heavy atom. The third kappa shape index (κ3) is 3.20. The molecule has 1 unspecified atom stereocenters. The molecule has 0 spiro atoms. The van der Waals surface area contributed by atoms with Gasteiger partial charge in [0.15, 0.2) is 0 Å². The number of rotatable bonds is 3. The van der Waals surface area contributed by atoms with Gasteiger partial charge in [-0.3, -0.25) is 0 Å². The lowest BCUT2D eigenvalue weighted by Gasteiger charge is -2.11. The molecule has 1 heterocycles. The Morgan fingerprint density at radius 2 is 2.40 bits per heavy atom. The molecule has 0 radical (unpaired) electrons. The average Bonchev–Trinajstić information content (AvgIpc) is 2.69. The normalized spacial score (nSPS) is 20.8. The molecule has 1 fully saturated rings. The van der Waals surface area contributed by atoms with E-state index >= 15 is 0 Å². The highest BCUT2D eigenvalue weighted by atomic mass is 79.9. The molecule has 15 heavy (non-hydrogen) atoms. The smallest absolute Gasteiger partial charge is 0.128 e. The topological polar surface area (TPSA) is 12.0 Å².